The van der Waals surface area contributed by atoms with Crippen LogP contribution in [0.15, 0.2) is 42.5 Å². The second-order valence-corrected chi connectivity index (χ2v) is 4.27. The molecule has 6 heteroatoms. The molecule has 2 aromatic carbocycles. The minimum absolute atomic E-state index is 0.0442. The van der Waals surface area contributed by atoms with E-state index in [0.717, 1.165) is 18.2 Å². The number of nitrogens with one attached hydrogen (secondary N) is 1. The molecule has 0 heterocycles. The summed E-state index contributed by atoms with van der Waals surface area (Å²) in [6.07, 6.45) is 0. The van der Waals surface area contributed by atoms with Crippen molar-refractivity contribution in [3.63, 3.8) is 0 Å². The van der Waals surface area contributed by atoms with Gasteiger partial charge in [-0.2, -0.15) is 0 Å². The first kappa shape index (κ1) is 14.9. The molecule has 0 aromatic heterocycles. The highest BCUT2D eigenvalue weighted by Gasteiger charge is 2.06. The molecular formula is C15H12F3NO2. The Morgan fingerprint density at radius 1 is 1.05 bits per heavy atom. The van der Waals surface area contributed by atoms with Gasteiger partial charge in [0, 0.05) is 12.6 Å². The number of rotatable bonds is 5. The van der Waals surface area contributed by atoms with Gasteiger partial charge in [0.1, 0.15) is 11.6 Å². The molecule has 0 atom stereocenters. The topological polar surface area (TPSA) is 38.3 Å². The fourth-order valence-electron chi connectivity index (χ4n) is 1.61. The monoisotopic (exact) mass is 295 g/mol. The highest BCUT2D eigenvalue weighted by Crippen LogP contribution is 2.11. The third-order valence-corrected chi connectivity index (χ3v) is 2.64. The zero-order valence-electron chi connectivity index (χ0n) is 10.9. The van der Waals surface area contributed by atoms with E-state index < -0.39 is 23.4 Å². The second-order valence-electron chi connectivity index (χ2n) is 4.27. The van der Waals surface area contributed by atoms with E-state index in [1.54, 1.807) is 0 Å². The Morgan fingerprint density at radius 2 is 1.86 bits per heavy atom. The molecule has 0 aliphatic heterocycles. The number of benzene rings is 2. The molecule has 1 N–H and O–H groups in total. The molecule has 2 aromatic rings. The van der Waals surface area contributed by atoms with Crippen LogP contribution in [0, 0.1) is 17.5 Å². The Hall–Kier alpha value is -2.50. The van der Waals surface area contributed by atoms with E-state index in [-0.39, 0.29) is 18.9 Å². The maximum Gasteiger partial charge on any atom is 0.258 e. The van der Waals surface area contributed by atoms with Gasteiger partial charge >= 0.3 is 0 Å². The standard InChI is InChI=1S/C15H12F3NO2/c16-11-2-1-3-12(7-11)21-9-15(20)19-8-10-4-5-13(17)14(18)6-10/h1-7H,8-9H2,(H,19,20). The molecule has 2 rings (SSSR count). The molecule has 3 nitrogen and oxygen atoms in total. The largest absolute Gasteiger partial charge is 0.484 e. The summed E-state index contributed by atoms with van der Waals surface area (Å²) in [6, 6.07) is 8.75. The van der Waals surface area contributed by atoms with Crippen LogP contribution >= 0.6 is 0 Å². The molecule has 0 bridgehead atoms. The molecule has 0 saturated carbocycles. The maximum atomic E-state index is 13.0. The normalized spacial score (nSPS) is 10.2. The average molecular weight is 295 g/mol. The summed E-state index contributed by atoms with van der Waals surface area (Å²) < 4.78 is 43.7. The lowest BCUT2D eigenvalue weighted by molar-refractivity contribution is -0.123. The van der Waals surface area contributed by atoms with Crippen molar-refractivity contribution in [1.82, 2.24) is 5.32 Å². The van der Waals surface area contributed by atoms with Crippen molar-refractivity contribution in [2.75, 3.05) is 6.61 Å². The number of halogens is 3. The Bertz CT molecular complexity index is 647. The lowest BCUT2D eigenvalue weighted by Gasteiger charge is -2.08. The van der Waals surface area contributed by atoms with Crippen LogP contribution in [-0.4, -0.2) is 12.5 Å². The fourth-order valence-corrected chi connectivity index (χ4v) is 1.61. The quantitative estimate of drug-likeness (QED) is 0.921. The van der Waals surface area contributed by atoms with Crippen molar-refractivity contribution in [2.45, 2.75) is 6.54 Å². The van der Waals surface area contributed by atoms with E-state index in [9.17, 15) is 18.0 Å². The van der Waals surface area contributed by atoms with Crippen LogP contribution in [0.5, 0.6) is 5.75 Å². The van der Waals surface area contributed by atoms with Gasteiger partial charge in [0.05, 0.1) is 0 Å². The summed E-state index contributed by atoms with van der Waals surface area (Å²) in [7, 11) is 0. The zero-order chi connectivity index (χ0) is 15.2. The van der Waals surface area contributed by atoms with Crippen molar-refractivity contribution >= 4 is 5.91 Å². The molecule has 21 heavy (non-hydrogen) atoms. The minimum Gasteiger partial charge on any atom is -0.484 e. The number of hydrogen-bond acceptors (Lipinski definition) is 2. The molecular weight excluding hydrogens is 283 g/mol. The van der Waals surface area contributed by atoms with Gasteiger partial charge in [0.25, 0.3) is 5.91 Å². The Kier molecular flexibility index (Phi) is 4.81. The van der Waals surface area contributed by atoms with Crippen molar-refractivity contribution in [2.24, 2.45) is 0 Å². The summed E-state index contributed by atoms with van der Waals surface area (Å²) in [4.78, 5) is 11.5. The Morgan fingerprint density at radius 3 is 2.57 bits per heavy atom. The molecule has 0 aliphatic carbocycles. The Labute approximate surface area is 119 Å². The molecule has 0 radical (unpaired) electrons. The van der Waals surface area contributed by atoms with Crippen LogP contribution in [0.4, 0.5) is 13.2 Å². The maximum absolute atomic E-state index is 13.0. The molecule has 0 unspecified atom stereocenters. The minimum atomic E-state index is -0.974. The predicted octanol–water partition coefficient (Wildman–Crippen LogP) is 2.80. The van der Waals surface area contributed by atoms with Crippen LogP contribution in [0.2, 0.25) is 0 Å². The molecule has 110 valence electrons. The first-order valence-corrected chi connectivity index (χ1v) is 6.13. The summed E-state index contributed by atoms with van der Waals surface area (Å²) in [5.41, 5.74) is 0.424. The van der Waals surface area contributed by atoms with Gasteiger partial charge in [-0.05, 0) is 29.8 Å². The Balaban J connectivity index is 1.80. The van der Waals surface area contributed by atoms with Gasteiger partial charge in [0.15, 0.2) is 18.2 Å². The van der Waals surface area contributed by atoms with Gasteiger partial charge in [-0.3, -0.25) is 4.79 Å². The van der Waals surface area contributed by atoms with Crippen LogP contribution in [0.25, 0.3) is 0 Å². The van der Waals surface area contributed by atoms with Crippen molar-refractivity contribution in [3.8, 4) is 5.75 Å². The summed E-state index contributed by atoms with van der Waals surface area (Å²) in [5, 5.41) is 2.48. The van der Waals surface area contributed by atoms with E-state index in [2.05, 4.69) is 5.32 Å². The third-order valence-electron chi connectivity index (χ3n) is 2.64. The van der Waals surface area contributed by atoms with Crippen LogP contribution in [-0.2, 0) is 11.3 Å². The van der Waals surface area contributed by atoms with Crippen LogP contribution in [0.1, 0.15) is 5.56 Å². The first-order chi connectivity index (χ1) is 10.0. The van der Waals surface area contributed by atoms with Crippen LogP contribution in [0.3, 0.4) is 0 Å². The fraction of sp³-hybridized carbons (Fsp3) is 0.133. The summed E-state index contributed by atoms with van der Waals surface area (Å²) in [6.45, 7) is -0.254. The molecule has 0 aliphatic rings. The molecule has 0 spiro atoms. The highest BCUT2D eigenvalue weighted by molar-refractivity contribution is 5.77. The molecule has 0 saturated heterocycles. The smallest absolute Gasteiger partial charge is 0.258 e. The number of amides is 1. The highest BCUT2D eigenvalue weighted by atomic mass is 19.2. The summed E-state index contributed by atoms with van der Waals surface area (Å²) >= 11 is 0. The van der Waals surface area contributed by atoms with Crippen molar-refractivity contribution in [3.05, 3.63) is 65.5 Å². The van der Waals surface area contributed by atoms with Gasteiger partial charge in [0.2, 0.25) is 0 Å². The predicted molar refractivity (Wildman–Crippen MR) is 70.1 cm³/mol. The number of hydrogen-bond donors (Lipinski definition) is 1. The lowest BCUT2D eigenvalue weighted by Crippen LogP contribution is -2.28. The number of carbonyl (C=O) groups excluding carboxylic acids is 1. The van der Waals surface area contributed by atoms with Gasteiger partial charge in [-0.15, -0.1) is 0 Å². The van der Waals surface area contributed by atoms with Gasteiger partial charge < -0.3 is 10.1 Å². The molecule has 0 fully saturated rings. The van der Waals surface area contributed by atoms with E-state index in [4.69, 9.17) is 4.74 Å². The van der Waals surface area contributed by atoms with E-state index in [1.807, 2.05) is 0 Å². The third kappa shape index (κ3) is 4.52. The van der Waals surface area contributed by atoms with Crippen molar-refractivity contribution in [1.29, 1.82) is 0 Å². The SMILES string of the molecule is O=C(COc1cccc(F)c1)NCc1ccc(F)c(F)c1. The van der Waals surface area contributed by atoms with E-state index in [1.165, 1.54) is 24.3 Å². The second kappa shape index (κ2) is 6.78. The molecule has 1 amide bonds. The van der Waals surface area contributed by atoms with E-state index in [0.29, 0.717) is 5.56 Å². The summed E-state index contributed by atoms with van der Waals surface area (Å²) in [5.74, 6) is -2.60. The average Bonchev–Trinajstić information content (AvgIpc) is 2.46. The zero-order valence-corrected chi connectivity index (χ0v) is 10.9. The van der Waals surface area contributed by atoms with Gasteiger partial charge in [-0.25, -0.2) is 13.2 Å². The van der Waals surface area contributed by atoms with Gasteiger partial charge in [-0.1, -0.05) is 12.1 Å². The van der Waals surface area contributed by atoms with Crippen LogP contribution < -0.4 is 10.1 Å². The number of carbonyl (C=O) groups is 1. The van der Waals surface area contributed by atoms with E-state index >= 15 is 0 Å². The first-order valence-electron chi connectivity index (χ1n) is 6.13. The lowest BCUT2D eigenvalue weighted by atomic mass is 10.2. The number of ether oxygens (including phenoxy) is 1. The van der Waals surface area contributed by atoms with Crippen molar-refractivity contribution < 1.29 is 22.7 Å².